The number of hydrogen-bond acceptors (Lipinski definition) is 7. The Morgan fingerprint density at radius 2 is 2.19 bits per heavy atom. The van der Waals surface area contributed by atoms with E-state index < -0.39 is 12.2 Å². The summed E-state index contributed by atoms with van der Waals surface area (Å²) in [6.45, 7) is 4.60. The molecule has 0 spiro atoms. The summed E-state index contributed by atoms with van der Waals surface area (Å²) >= 11 is 2.74. The van der Waals surface area contributed by atoms with Gasteiger partial charge in [0.15, 0.2) is 0 Å². The van der Waals surface area contributed by atoms with Crippen LogP contribution in [-0.4, -0.2) is 54.2 Å². The van der Waals surface area contributed by atoms with Gasteiger partial charge in [0.25, 0.3) is 5.91 Å². The number of nitrogens with zero attached hydrogens (tertiary/aromatic N) is 1. The van der Waals surface area contributed by atoms with Crippen LogP contribution < -0.4 is 16.0 Å². The first-order valence-corrected chi connectivity index (χ1v) is 8.50. The number of aliphatic hydroxyl groups excluding tert-OH is 2. The number of amides is 1. The predicted octanol–water partition coefficient (Wildman–Crippen LogP) is 0.510. The lowest BCUT2D eigenvalue weighted by Gasteiger charge is -2.16. The molecular formula is C13H19N3O3S2. The molecule has 0 aliphatic carbocycles. The fourth-order valence-corrected chi connectivity index (χ4v) is 4.29. The minimum atomic E-state index is -0.777. The number of carbonyl (C=O) groups excluding carboxylic acids is 1. The van der Waals surface area contributed by atoms with Crippen LogP contribution in [0.4, 0.5) is 10.7 Å². The Hall–Kier alpha value is -1.22. The molecule has 1 fully saturated rings. The third-order valence-corrected chi connectivity index (χ3v) is 5.46. The zero-order valence-corrected chi connectivity index (χ0v) is 13.3. The maximum Gasteiger partial charge on any atom is 0.263 e. The van der Waals surface area contributed by atoms with Crippen molar-refractivity contribution in [2.24, 2.45) is 0 Å². The molecule has 21 heavy (non-hydrogen) atoms. The third kappa shape index (κ3) is 3.18. The van der Waals surface area contributed by atoms with E-state index in [-0.39, 0.29) is 5.91 Å². The minimum absolute atomic E-state index is 0.237. The summed E-state index contributed by atoms with van der Waals surface area (Å²) in [5.41, 5.74) is 6.52. The zero-order chi connectivity index (χ0) is 15.6. The Labute approximate surface area is 131 Å². The van der Waals surface area contributed by atoms with Gasteiger partial charge in [0.2, 0.25) is 0 Å². The highest BCUT2D eigenvalue weighted by atomic mass is 32.2. The van der Waals surface area contributed by atoms with Crippen LogP contribution in [0.25, 0.3) is 0 Å². The van der Waals surface area contributed by atoms with E-state index in [1.54, 1.807) is 6.08 Å². The van der Waals surface area contributed by atoms with Crippen LogP contribution in [0.5, 0.6) is 0 Å². The van der Waals surface area contributed by atoms with Crippen LogP contribution in [0.3, 0.4) is 0 Å². The van der Waals surface area contributed by atoms with E-state index in [1.807, 2.05) is 11.2 Å². The number of β-amino-alcohol motifs (C(OH)–C–C–N with tert-alkyl or cyclic N) is 2. The summed E-state index contributed by atoms with van der Waals surface area (Å²) in [4.78, 5) is 15.2. The molecule has 0 radical (unpaired) electrons. The van der Waals surface area contributed by atoms with E-state index >= 15 is 0 Å². The topological polar surface area (TPSA) is 98.8 Å². The Kier molecular flexibility index (Phi) is 5.15. The highest BCUT2D eigenvalue weighted by Crippen LogP contribution is 2.44. The van der Waals surface area contributed by atoms with Gasteiger partial charge in [-0.1, -0.05) is 6.08 Å². The monoisotopic (exact) mass is 329 g/mol. The molecule has 1 aliphatic rings. The van der Waals surface area contributed by atoms with E-state index in [0.717, 1.165) is 9.90 Å². The van der Waals surface area contributed by atoms with Gasteiger partial charge in [-0.15, -0.1) is 29.7 Å². The molecule has 1 aromatic rings. The molecule has 2 rings (SSSR count). The zero-order valence-electron chi connectivity index (χ0n) is 11.7. The van der Waals surface area contributed by atoms with Gasteiger partial charge in [0, 0.05) is 19.6 Å². The van der Waals surface area contributed by atoms with Crippen molar-refractivity contribution in [3.63, 3.8) is 0 Å². The van der Waals surface area contributed by atoms with E-state index in [0.29, 0.717) is 30.2 Å². The summed E-state index contributed by atoms with van der Waals surface area (Å²) in [7, 11) is 0. The highest BCUT2D eigenvalue weighted by molar-refractivity contribution is 7.99. The lowest BCUT2D eigenvalue weighted by Crippen LogP contribution is -2.23. The average molecular weight is 329 g/mol. The summed E-state index contributed by atoms with van der Waals surface area (Å²) in [6.07, 6.45) is 1.93. The van der Waals surface area contributed by atoms with Gasteiger partial charge < -0.3 is 26.2 Å². The number of nitrogen functional groups attached to an aromatic ring is 1. The van der Waals surface area contributed by atoms with Crippen molar-refractivity contribution in [3.05, 3.63) is 17.5 Å². The fourth-order valence-electron chi connectivity index (χ4n) is 2.17. The Balaban J connectivity index is 2.30. The minimum Gasteiger partial charge on any atom is -0.396 e. The predicted molar refractivity (Wildman–Crippen MR) is 87.3 cm³/mol. The van der Waals surface area contributed by atoms with Gasteiger partial charge in [0.05, 0.1) is 22.8 Å². The Morgan fingerprint density at radius 3 is 2.71 bits per heavy atom. The van der Waals surface area contributed by atoms with E-state index in [1.165, 1.54) is 23.1 Å². The number of hydrogen-bond donors (Lipinski definition) is 4. The largest absolute Gasteiger partial charge is 0.396 e. The molecule has 1 saturated heterocycles. The van der Waals surface area contributed by atoms with Gasteiger partial charge in [-0.3, -0.25) is 4.79 Å². The molecule has 2 atom stereocenters. The summed E-state index contributed by atoms with van der Waals surface area (Å²) in [6, 6.07) is 0. The molecule has 2 unspecified atom stereocenters. The SMILES string of the molecule is C=CCNC(=O)c1sc(N2CC(O)C(O)C2)c(SC)c1N. The Bertz CT molecular complexity index is 537. The molecule has 0 bridgehead atoms. The molecule has 0 saturated carbocycles. The maximum absolute atomic E-state index is 12.1. The number of rotatable bonds is 5. The molecule has 1 amide bonds. The molecule has 0 aromatic carbocycles. The second-order valence-electron chi connectivity index (χ2n) is 4.72. The fraction of sp³-hybridized carbons (Fsp3) is 0.462. The van der Waals surface area contributed by atoms with Crippen molar-refractivity contribution in [1.82, 2.24) is 5.32 Å². The van der Waals surface area contributed by atoms with E-state index in [9.17, 15) is 15.0 Å². The summed E-state index contributed by atoms with van der Waals surface area (Å²) < 4.78 is 0. The maximum atomic E-state index is 12.1. The normalized spacial score (nSPS) is 21.6. The van der Waals surface area contributed by atoms with Crippen molar-refractivity contribution in [3.8, 4) is 0 Å². The van der Waals surface area contributed by atoms with Gasteiger partial charge in [0.1, 0.15) is 9.88 Å². The second kappa shape index (κ2) is 6.69. The smallest absolute Gasteiger partial charge is 0.263 e. The lowest BCUT2D eigenvalue weighted by atomic mass is 10.3. The molecule has 1 aliphatic heterocycles. The third-order valence-electron chi connectivity index (χ3n) is 3.25. The number of thioether (sulfide) groups is 1. The molecule has 8 heteroatoms. The van der Waals surface area contributed by atoms with Crippen LogP contribution >= 0.6 is 23.1 Å². The number of thiophene rings is 1. The van der Waals surface area contributed by atoms with Gasteiger partial charge in [-0.25, -0.2) is 0 Å². The van der Waals surface area contributed by atoms with Crippen LogP contribution in [0.2, 0.25) is 0 Å². The number of nitrogens with one attached hydrogen (secondary N) is 1. The van der Waals surface area contributed by atoms with Crippen molar-refractivity contribution in [2.45, 2.75) is 17.1 Å². The highest BCUT2D eigenvalue weighted by Gasteiger charge is 2.33. The van der Waals surface area contributed by atoms with Crippen molar-refractivity contribution in [2.75, 3.05) is 36.5 Å². The van der Waals surface area contributed by atoms with Crippen LogP contribution in [0.15, 0.2) is 17.6 Å². The first kappa shape index (κ1) is 16.2. The molecule has 1 aromatic heterocycles. The van der Waals surface area contributed by atoms with Gasteiger partial charge in [-0.2, -0.15) is 0 Å². The van der Waals surface area contributed by atoms with E-state index in [2.05, 4.69) is 11.9 Å². The standard InChI is InChI=1S/C13H19N3O3S2/c1-3-4-15-12(19)10-9(14)11(20-2)13(21-10)16-5-7(17)8(18)6-16/h3,7-8,17-18H,1,4-6,14H2,2H3,(H,15,19). The quantitative estimate of drug-likeness (QED) is 0.464. The summed E-state index contributed by atoms with van der Waals surface area (Å²) in [5.74, 6) is -0.237. The Morgan fingerprint density at radius 1 is 1.57 bits per heavy atom. The molecule has 116 valence electrons. The van der Waals surface area contributed by atoms with Crippen LogP contribution in [0.1, 0.15) is 9.67 Å². The van der Waals surface area contributed by atoms with Gasteiger partial charge >= 0.3 is 0 Å². The van der Waals surface area contributed by atoms with E-state index in [4.69, 9.17) is 5.73 Å². The first-order valence-electron chi connectivity index (χ1n) is 6.46. The molecular weight excluding hydrogens is 310 g/mol. The molecule has 2 heterocycles. The van der Waals surface area contributed by atoms with Gasteiger partial charge in [-0.05, 0) is 6.26 Å². The van der Waals surface area contributed by atoms with Crippen LogP contribution in [0, 0.1) is 0 Å². The molecule has 6 nitrogen and oxygen atoms in total. The summed E-state index contributed by atoms with van der Waals surface area (Å²) in [5, 5.41) is 22.9. The second-order valence-corrected chi connectivity index (χ2v) is 6.54. The number of carbonyl (C=O) groups is 1. The van der Waals surface area contributed by atoms with Crippen molar-refractivity contribution >= 4 is 39.7 Å². The molecule has 5 N–H and O–H groups in total. The number of anilines is 2. The number of aliphatic hydroxyl groups is 2. The lowest BCUT2D eigenvalue weighted by molar-refractivity contribution is 0.0572. The number of nitrogens with two attached hydrogens (primary N) is 1. The van der Waals surface area contributed by atoms with Crippen molar-refractivity contribution < 1.29 is 15.0 Å². The van der Waals surface area contributed by atoms with Crippen LogP contribution in [-0.2, 0) is 0 Å². The van der Waals surface area contributed by atoms with Crippen molar-refractivity contribution in [1.29, 1.82) is 0 Å². The average Bonchev–Trinajstić information content (AvgIpc) is 2.96. The first-order chi connectivity index (χ1) is 9.99.